The van der Waals surface area contributed by atoms with Crippen molar-refractivity contribution in [2.75, 3.05) is 11.9 Å². The van der Waals surface area contributed by atoms with Gasteiger partial charge in [0, 0.05) is 17.8 Å². The second-order valence-electron chi connectivity index (χ2n) is 5.70. The van der Waals surface area contributed by atoms with Gasteiger partial charge in [0.15, 0.2) is 0 Å². The van der Waals surface area contributed by atoms with Crippen LogP contribution in [0.4, 0.5) is 5.69 Å². The SMILES string of the molecule is CC(C)Oc1cccc(C(O)c2cccc3c2NCC3)c1. The second kappa shape index (κ2) is 5.78. The molecule has 3 nitrogen and oxygen atoms in total. The number of hydrogen-bond donors (Lipinski definition) is 2. The van der Waals surface area contributed by atoms with Crippen LogP contribution in [0.5, 0.6) is 5.75 Å². The van der Waals surface area contributed by atoms with E-state index >= 15 is 0 Å². The molecule has 1 aliphatic heterocycles. The summed E-state index contributed by atoms with van der Waals surface area (Å²) in [6.07, 6.45) is 0.508. The molecule has 1 heterocycles. The van der Waals surface area contributed by atoms with E-state index in [0.29, 0.717) is 0 Å². The van der Waals surface area contributed by atoms with Gasteiger partial charge >= 0.3 is 0 Å². The summed E-state index contributed by atoms with van der Waals surface area (Å²) in [5.74, 6) is 0.794. The molecule has 0 saturated carbocycles. The van der Waals surface area contributed by atoms with E-state index in [-0.39, 0.29) is 6.10 Å². The maximum absolute atomic E-state index is 10.7. The highest BCUT2D eigenvalue weighted by molar-refractivity contribution is 5.63. The minimum Gasteiger partial charge on any atom is -0.491 e. The lowest BCUT2D eigenvalue weighted by molar-refractivity contribution is 0.217. The first-order chi connectivity index (χ1) is 10.1. The molecule has 110 valence electrons. The van der Waals surface area contributed by atoms with Crippen LogP contribution < -0.4 is 10.1 Å². The Kier molecular flexibility index (Phi) is 3.84. The van der Waals surface area contributed by atoms with Gasteiger partial charge in [-0.3, -0.25) is 0 Å². The lowest BCUT2D eigenvalue weighted by atomic mass is 9.97. The largest absolute Gasteiger partial charge is 0.491 e. The lowest BCUT2D eigenvalue weighted by Crippen LogP contribution is -2.07. The molecule has 3 rings (SSSR count). The molecule has 21 heavy (non-hydrogen) atoms. The van der Waals surface area contributed by atoms with E-state index in [0.717, 1.165) is 35.5 Å². The fourth-order valence-electron chi connectivity index (χ4n) is 2.80. The molecule has 0 bridgehead atoms. The van der Waals surface area contributed by atoms with Crippen molar-refractivity contribution in [3.05, 3.63) is 59.2 Å². The van der Waals surface area contributed by atoms with Crippen LogP contribution in [0.2, 0.25) is 0 Å². The molecule has 0 spiro atoms. The summed E-state index contributed by atoms with van der Waals surface area (Å²) in [5.41, 5.74) is 4.16. The number of para-hydroxylation sites is 1. The number of aliphatic hydroxyl groups excluding tert-OH is 1. The van der Waals surface area contributed by atoms with Gasteiger partial charge in [0.2, 0.25) is 0 Å². The summed E-state index contributed by atoms with van der Waals surface area (Å²) in [7, 11) is 0. The Morgan fingerprint density at radius 2 is 1.95 bits per heavy atom. The van der Waals surface area contributed by atoms with Gasteiger partial charge in [-0.25, -0.2) is 0 Å². The molecule has 0 amide bonds. The highest BCUT2D eigenvalue weighted by Gasteiger charge is 2.20. The zero-order valence-corrected chi connectivity index (χ0v) is 12.5. The molecule has 0 saturated heterocycles. The molecule has 0 fully saturated rings. The van der Waals surface area contributed by atoms with Crippen LogP contribution in [0.15, 0.2) is 42.5 Å². The quantitative estimate of drug-likeness (QED) is 0.902. The molecule has 1 atom stereocenters. The van der Waals surface area contributed by atoms with Crippen molar-refractivity contribution in [1.82, 2.24) is 0 Å². The normalized spacial score (nSPS) is 14.7. The van der Waals surface area contributed by atoms with Crippen LogP contribution in [-0.2, 0) is 6.42 Å². The summed E-state index contributed by atoms with van der Waals surface area (Å²) >= 11 is 0. The van der Waals surface area contributed by atoms with Gasteiger partial charge in [-0.1, -0.05) is 30.3 Å². The molecule has 0 aliphatic carbocycles. The van der Waals surface area contributed by atoms with E-state index in [1.165, 1.54) is 5.56 Å². The van der Waals surface area contributed by atoms with Crippen molar-refractivity contribution >= 4 is 5.69 Å². The number of ether oxygens (including phenoxy) is 1. The fourth-order valence-corrected chi connectivity index (χ4v) is 2.80. The number of anilines is 1. The second-order valence-corrected chi connectivity index (χ2v) is 5.70. The van der Waals surface area contributed by atoms with E-state index in [2.05, 4.69) is 11.4 Å². The van der Waals surface area contributed by atoms with Crippen LogP contribution in [-0.4, -0.2) is 17.8 Å². The first kappa shape index (κ1) is 14.0. The topological polar surface area (TPSA) is 41.5 Å². The minimum atomic E-state index is -0.638. The fraction of sp³-hybridized carbons (Fsp3) is 0.333. The molecule has 2 N–H and O–H groups in total. The summed E-state index contributed by atoms with van der Waals surface area (Å²) in [5, 5.41) is 14.1. The Hall–Kier alpha value is -2.00. The summed E-state index contributed by atoms with van der Waals surface area (Å²) in [6.45, 7) is 4.93. The van der Waals surface area contributed by atoms with Crippen molar-refractivity contribution < 1.29 is 9.84 Å². The maximum Gasteiger partial charge on any atom is 0.120 e. The minimum absolute atomic E-state index is 0.125. The van der Waals surface area contributed by atoms with Gasteiger partial charge in [-0.2, -0.15) is 0 Å². The summed E-state index contributed by atoms with van der Waals surface area (Å²) in [6, 6.07) is 13.8. The van der Waals surface area contributed by atoms with E-state index < -0.39 is 6.10 Å². The van der Waals surface area contributed by atoms with Crippen molar-refractivity contribution in [2.45, 2.75) is 32.5 Å². The van der Waals surface area contributed by atoms with Crippen molar-refractivity contribution in [3.8, 4) is 5.75 Å². The zero-order valence-electron chi connectivity index (χ0n) is 12.5. The van der Waals surface area contributed by atoms with Crippen LogP contribution in [0.25, 0.3) is 0 Å². The molecule has 1 unspecified atom stereocenters. The average Bonchev–Trinajstić information content (AvgIpc) is 2.94. The van der Waals surface area contributed by atoms with Crippen LogP contribution >= 0.6 is 0 Å². The van der Waals surface area contributed by atoms with E-state index in [1.807, 2.05) is 50.2 Å². The predicted octanol–water partition coefficient (Wildman–Crippen LogP) is 3.52. The van der Waals surface area contributed by atoms with Crippen LogP contribution in [0.1, 0.15) is 36.6 Å². The first-order valence-electron chi connectivity index (χ1n) is 7.45. The summed E-state index contributed by atoms with van der Waals surface area (Å²) < 4.78 is 5.71. The van der Waals surface area contributed by atoms with E-state index in [1.54, 1.807) is 0 Å². The number of aliphatic hydroxyl groups is 1. The van der Waals surface area contributed by atoms with Gasteiger partial charge in [0.25, 0.3) is 0 Å². The Morgan fingerprint density at radius 3 is 2.76 bits per heavy atom. The molecular formula is C18H21NO2. The molecule has 2 aromatic rings. The van der Waals surface area contributed by atoms with E-state index in [4.69, 9.17) is 4.74 Å². The standard InChI is InChI=1S/C18H21NO2/c1-12(2)21-15-7-3-6-14(11-15)18(20)16-8-4-5-13-9-10-19-17(13)16/h3-8,11-12,18-20H,9-10H2,1-2H3. The summed E-state index contributed by atoms with van der Waals surface area (Å²) in [4.78, 5) is 0. The van der Waals surface area contributed by atoms with Gasteiger partial charge in [-0.05, 0) is 43.5 Å². The lowest BCUT2D eigenvalue weighted by Gasteiger charge is -2.17. The number of fused-ring (bicyclic) bond motifs is 1. The third-order valence-corrected chi connectivity index (χ3v) is 3.72. The number of hydrogen-bond acceptors (Lipinski definition) is 3. The molecule has 0 aromatic heterocycles. The van der Waals surface area contributed by atoms with Crippen LogP contribution in [0.3, 0.4) is 0 Å². The number of nitrogens with one attached hydrogen (secondary N) is 1. The number of rotatable bonds is 4. The van der Waals surface area contributed by atoms with Crippen LogP contribution in [0, 0.1) is 0 Å². The number of benzene rings is 2. The van der Waals surface area contributed by atoms with Crippen molar-refractivity contribution in [1.29, 1.82) is 0 Å². The highest BCUT2D eigenvalue weighted by Crippen LogP contribution is 2.34. The van der Waals surface area contributed by atoms with Crippen molar-refractivity contribution in [2.24, 2.45) is 0 Å². The maximum atomic E-state index is 10.7. The molecular weight excluding hydrogens is 262 g/mol. The first-order valence-corrected chi connectivity index (χ1v) is 7.45. The van der Waals surface area contributed by atoms with E-state index in [9.17, 15) is 5.11 Å². The average molecular weight is 283 g/mol. The monoisotopic (exact) mass is 283 g/mol. The highest BCUT2D eigenvalue weighted by atomic mass is 16.5. The molecule has 1 aliphatic rings. The smallest absolute Gasteiger partial charge is 0.120 e. The molecule has 3 heteroatoms. The van der Waals surface area contributed by atoms with Gasteiger partial charge < -0.3 is 15.2 Å². The Bertz CT molecular complexity index is 637. The molecule has 2 aromatic carbocycles. The van der Waals surface area contributed by atoms with Gasteiger partial charge in [0.1, 0.15) is 11.9 Å². The predicted molar refractivity (Wildman–Crippen MR) is 84.9 cm³/mol. The Morgan fingerprint density at radius 1 is 1.14 bits per heavy atom. The zero-order chi connectivity index (χ0) is 14.8. The van der Waals surface area contributed by atoms with Gasteiger partial charge in [0.05, 0.1) is 6.10 Å². The Balaban J connectivity index is 1.92. The Labute approximate surface area is 125 Å². The van der Waals surface area contributed by atoms with Gasteiger partial charge in [-0.15, -0.1) is 0 Å². The third kappa shape index (κ3) is 2.88. The van der Waals surface area contributed by atoms with Crippen molar-refractivity contribution in [3.63, 3.8) is 0 Å². The third-order valence-electron chi connectivity index (χ3n) is 3.72. The molecule has 0 radical (unpaired) electrons.